The Morgan fingerprint density at radius 1 is 1.10 bits per heavy atom. The van der Waals surface area contributed by atoms with Crippen molar-refractivity contribution in [3.63, 3.8) is 0 Å². The molecule has 0 radical (unpaired) electrons. The Balaban J connectivity index is 1.45. The molecule has 2 aliphatic heterocycles. The maximum Gasteiger partial charge on any atom is 0.326 e. The standard InChI is InChI=1S/C29H41N7O4/c1-5-36-27(21-8-6-7-9-21)26-28(34(4)29(36)38)30-19-25(32-26)31-23-18-22(35-14-12-33(3)13-15-35)10-11-24(23)40-17-16-39-20(2)37/h10-11,18-19,21,27H,5-9,12-17H2,1-4H3,(H,31,32)/t27-/m1/s1. The van der Waals surface area contributed by atoms with E-state index in [9.17, 15) is 9.59 Å². The van der Waals surface area contributed by atoms with Crippen molar-refractivity contribution in [3.8, 4) is 5.75 Å². The summed E-state index contributed by atoms with van der Waals surface area (Å²) in [6.07, 6.45) is 6.21. The molecule has 3 heterocycles. The van der Waals surface area contributed by atoms with Gasteiger partial charge in [-0.2, -0.15) is 0 Å². The average molecular weight is 552 g/mol. The summed E-state index contributed by atoms with van der Waals surface area (Å²) < 4.78 is 11.1. The van der Waals surface area contributed by atoms with Crippen molar-refractivity contribution in [1.29, 1.82) is 0 Å². The Labute approximate surface area is 236 Å². The van der Waals surface area contributed by atoms with Crippen LogP contribution in [0.2, 0.25) is 0 Å². The number of ether oxygens (including phenoxy) is 2. The SMILES string of the molecule is CCN1C(=O)N(C)c2ncc(Nc3cc(N4CCN(C)CC4)ccc3OCCOC(C)=O)nc2[C@H]1C1CCCC1. The molecule has 1 saturated carbocycles. The Bertz CT molecular complexity index is 1210. The molecule has 1 aliphatic carbocycles. The van der Waals surface area contributed by atoms with Crippen molar-refractivity contribution in [1.82, 2.24) is 19.8 Å². The molecule has 2 amide bonds. The number of likely N-dealkylation sites (N-methyl/N-ethyl adjacent to an activating group) is 1. The summed E-state index contributed by atoms with van der Waals surface area (Å²) in [7, 11) is 3.91. The van der Waals surface area contributed by atoms with Gasteiger partial charge in [0.15, 0.2) is 5.82 Å². The van der Waals surface area contributed by atoms with Gasteiger partial charge < -0.3 is 29.5 Å². The number of nitrogens with one attached hydrogen (secondary N) is 1. The van der Waals surface area contributed by atoms with Gasteiger partial charge in [0, 0.05) is 52.4 Å². The average Bonchev–Trinajstić information content (AvgIpc) is 3.48. The maximum atomic E-state index is 13.2. The van der Waals surface area contributed by atoms with Gasteiger partial charge in [0.2, 0.25) is 0 Å². The van der Waals surface area contributed by atoms with Crippen LogP contribution in [0.5, 0.6) is 5.75 Å². The molecule has 2 aromatic rings. The van der Waals surface area contributed by atoms with Crippen LogP contribution in [-0.2, 0) is 9.53 Å². The number of hydrogen-bond donors (Lipinski definition) is 1. The summed E-state index contributed by atoms with van der Waals surface area (Å²) in [5.41, 5.74) is 2.70. The topological polar surface area (TPSA) is 103 Å². The molecular formula is C29H41N7O4. The lowest BCUT2D eigenvalue weighted by Crippen LogP contribution is -2.50. The minimum absolute atomic E-state index is 0.0229. The monoisotopic (exact) mass is 551 g/mol. The molecule has 11 heteroatoms. The zero-order valence-electron chi connectivity index (χ0n) is 24.1. The second-order valence-corrected chi connectivity index (χ2v) is 10.9. The Hall–Kier alpha value is -3.60. The molecule has 0 spiro atoms. The number of fused-ring (bicyclic) bond motifs is 1. The van der Waals surface area contributed by atoms with E-state index in [0.717, 1.165) is 56.1 Å². The van der Waals surface area contributed by atoms with Crippen molar-refractivity contribution < 1.29 is 19.1 Å². The molecule has 216 valence electrons. The molecule has 1 saturated heterocycles. The molecule has 1 aromatic heterocycles. The van der Waals surface area contributed by atoms with E-state index in [0.29, 0.717) is 29.8 Å². The summed E-state index contributed by atoms with van der Waals surface area (Å²) >= 11 is 0. The zero-order valence-corrected chi connectivity index (χ0v) is 24.1. The van der Waals surface area contributed by atoms with E-state index in [1.54, 1.807) is 18.1 Å². The number of nitrogens with zero attached hydrogens (tertiary/aromatic N) is 6. The summed E-state index contributed by atoms with van der Waals surface area (Å²) in [5, 5.41) is 3.47. The van der Waals surface area contributed by atoms with Crippen molar-refractivity contribution >= 4 is 35.0 Å². The Morgan fingerprint density at radius 2 is 1.85 bits per heavy atom. The first-order valence-corrected chi connectivity index (χ1v) is 14.4. The van der Waals surface area contributed by atoms with Gasteiger partial charge in [-0.15, -0.1) is 0 Å². The fourth-order valence-corrected chi connectivity index (χ4v) is 6.02. The third kappa shape index (κ3) is 5.94. The fourth-order valence-electron chi connectivity index (χ4n) is 6.02. The molecule has 40 heavy (non-hydrogen) atoms. The number of benzene rings is 1. The molecular weight excluding hydrogens is 510 g/mol. The predicted octanol–water partition coefficient (Wildman–Crippen LogP) is 4.04. The number of piperazine rings is 1. The number of urea groups is 1. The second kappa shape index (κ2) is 12.3. The van der Waals surface area contributed by atoms with Gasteiger partial charge in [-0.3, -0.25) is 9.69 Å². The van der Waals surface area contributed by atoms with E-state index in [2.05, 4.69) is 34.3 Å². The molecule has 0 unspecified atom stereocenters. The van der Waals surface area contributed by atoms with Crippen LogP contribution < -0.4 is 19.9 Å². The largest absolute Gasteiger partial charge is 0.488 e. The van der Waals surface area contributed by atoms with Crippen LogP contribution in [0.25, 0.3) is 0 Å². The normalized spacial score (nSPS) is 20.1. The van der Waals surface area contributed by atoms with Crippen molar-refractivity contribution in [2.24, 2.45) is 5.92 Å². The summed E-state index contributed by atoms with van der Waals surface area (Å²) in [6, 6.07) is 5.98. The van der Waals surface area contributed by atoms with E-state index in [-0.39, 0.29) is 31.3 Å². The number of anilines is 4. The van der Waals surface area contributed by atoms with Crippen molar-refractivity contribution in [2.45, 2.75) is 45.6 Å². The highest BCUT2D eigenvalue weighted by atomic mass is 16.6. The van der Waals surface area contributed by atoms with E-state index in [1.165, 1.54) is 19.8 Å². The number of rotatable bonds is 9. The quantitative estimate of drug-likeness (QED) is 0.365. The lowest BCUT2D eigenvalue weighted by atomic mass is 9.92. The molecule has 11 nitrogen and oxygen atoms in total. The summed E-state index contributed by atoms with van der Waals surface area (Å²) in [6.45, 7) is 8.33. The molecule has 0 bridgehead atoms. The first-order valence-electron chi connectivity index (χ1n) is 14.4. The van der Waals surface area contributed by atoms with E-state index in [1.807, 2.05) is 17.9 Å². The van der Waals surface area contributed by atoms with Gasteiger partial charge in [-0.25, -0.2) is 14.8 Å². The lowest BCUT2D eigenvalue weighted by Gasteiger charge is -2.42. The number of aromatic nitrogens is 2. The van der Waals surface area contributed by atoms with Gasteiger partial charge in [-0.05, 0) is 50.9 Å². The third-order valence-corrected chi connectivity index (χ3v) is 8.17. The minimum Gasteiger partial charge on any atom is -0.488 e. The second-order valence-electron chi connectivity index (χ2n) is 10.9. The minimum atomic E-state index is -0.335. The highest BCUT2D eigenvalue weighted by Gasteiger charge is 2.42. The van der Waals surface area contributed by atoms with Gasteiger partial charge in [-0.1, -0.05) is 12.8 Å². The third-order valence-electron chi connectivity index (χ3n) is 8.17. The summed E-state index contributed by atoms with van der Waals surface area (Å²) in [4.78, 5) is 42.4. The highest BCUT2D eigenvalue weighted by molar-refractivity contribution is 5.93. The molecule has 1 N–H and O–H groups in total. The van der Waals surface area contributed by atoms with Crippen LogP contribution in [-0.4, -0.2) is 91.8 Å². The lowest BCUT2D eigenvalue weighted by molar-refractivity contribution is -0.141. The fraction of sp³-hybridized carbons (Fsp3) is 0.586. The van der Waals surface area contributed by atoms with Crippen LogP contribution in [0, 0.1) is 5.92 Å². The maximum absolute atomic E-state index is 13.2. The Kier molecular flexibility index (Phi) is 8.58. The molecule has 3 aliphatic rings. The number of carbonyl (C=O) groups is 2. The first kappa shape index (κ1) is 27.9. The molecule has 5 rings (SSSR count). The number of amides is 2. The van der Waals surface area contributed by atoms with Crippen LogP contribution in [0.3, 0.4) is 0 Å². The van der Waals surface area contributed by atoms with E-state index in [4.69, 9.17) is 19.4 Å². The smallest absolute Gasteiger partial charge is 0.326 e. The van der Waals surface area contributed by atoms with Crippen molar-refractivity contribution in [2.75, 3.05) is 75.1 Å². The Morgan fingerprint density at radius 3 is 2.55 bits per heavy atom. The molecule has 1 aromatic carbocycles. The molecule has 1 atom stereocenters. The van der Waals surface area contributed by atoms with Crippen LogP contribution in [0.1, 0.15) is 51.3 Å². The first-order chi connectivity index (χ1) is 19.4. The van der Waals surface area contributed by atoms with Gasteiger partial charge in [0.1, 0.15) is 30.5 Å². The molecule has 2 fully saturated rings. The van der Waals surface area contributed by atoms with Crippen LogP contribution in [0.15, 0.2) is 24.4 Å². The number of hydrogen-bond acceptors (Lipinski definition) is 9. The van der Waals surface area contributed by atoms with E-state index >= 15 is 0 Å². The van der Waals surface area contributed by atoms with Crippen LogP contribution in [0.4, 0.5) is 27.8 Å². The number of carbonyl (C=O) groups excluding carboxylic acids is 2. The predicted molar refractivity (Wildman–Crippen MR) is 154 cm³/mol. The van der Waals surface area contributed by atoms with Crippen LogP contribution >= 0.6 is 0 Å². The number of esters is 1. The zero-order chi connectivity index (χ0) is 28.2. The van der Waals surface area contributed by atoms with Gasteiger partial charge >= 0.3 is 12.0 Å². The summed E-state index contributed by atoms with van der Waals surface area (Å²) in [5.74, 6) is 1.90. The van der Waals surface area contributed by atoms with E-state index < -0.39 is 0 Å². The highest BCUT2D eigenvalue weighted by Crippen LogP contribution is 2.45. The van der Waals surface area contributed by atoms with Crippen molar-refractivity contribution in [3.05, 3.63) is 30.1 Å². The van der Waals surface area contributed by atoms with Gasteiger partial charge in [0.05, 0.1) is 17.9 Å². The van der Waals surface area contributed by atoms with Gasteiger partial charge in [0.25, 0.3) is 0 Å².